The monoisotopic (exact) mass is 347 g/mol. The van der Waals surface area contributed by atoms with Gasteiger partial charge in [0.05, 0.1) is 17.8 Å². The van der Waals surface area contributed by atoms with E-state index < -0.39 is 11.2 Å². The van der Waals surface area contributed by atoms with Gasteiger partial charge in [0.1, 0.15) is 5.25 Å². The molecule has 0 aliphatic carbocycles. The number of rotatable bonds is 4. The molecule has 6 heteroatoms. The Morgan fingerprint density at radius 3 is 2.46 bits per heavy atom. The number of ether oxygens (including phenoxy) is 1. The molecular formula is C18H21NO4S. The predicted octanol–water partition coefficient (Wildman–Crippen LogP) is 2.50. The fourth-order valence-electron chi connectivity index (χ4n) is 4.28. The van der Waals surface area contributed by atoms with Gasteiger partial charge in [-0.15, -0.1) is 11.8 Å². The Balaban J connectivity index is 1.52. The number of aliphatic carboxylic acids is 1. The molecule has 24 heavy (non-hydrogen) atoms. The summed E-state index contributed by atoms with van der Waals surface area (Å²) in [5.41, 5.74) is 0.615. The lowest BCUT2D eigenvalue weighted by atomic mass is 9.82. The third kappa shape index (κ3) is 2.62. The Hall–Kier alpha value is -1.53. The van der Waals surface area contributed by atoms with Gasteiger partial charge in [0.15, 0.2) is 0 Å². The first kappa shape index (κ1) is 16.0. The Kier molecular flexibility index (Phi) is 4.04. The van der Waals surface area contributed by atoms with Gasteiger partial charge < -0.3 is 14.7 Å². The number of hydrogen-bond acceptors (Lipinski definition) is 4. The van der Waals surface area contributed by atoms with Crippen molar-refractivity contribution in [3.63, 3.8) is 0 Å². The highest BCUT2D eigenvalue weighted by Gasteiger charge is 2.53. The van der Waals surface area contributed by atoms with Crippen LogP contribution in [0.1, 0.15) is 30.1 Å². The number of likely N-dealkylation sites (tertiary alicyclic amines) is 1. The fraction of sp³-hybridized carbons (Fsp3) is 0.556. The van der Waals surface area contributed by atoms with Gasteiger partial charge >= 0.3 is 5.97 Å². The van der Waals surface area contributed by atoms with Crippen molar-refractivity contribution in [1.29, 1.82) is 0 Å². The minimum absolute atomic E-state index is 0.0180. The molecular weight excluding hydrogens is 326 g/mol. The average Bonchev–Trinajstić information content (AvgIpc) is 3.27. The predicted molar refractivity (Wildman–Crippen MR) is 90.2 cm³/mol. The molecule has 2 bridgehead atoms. The van der Waals surface area contributed by atoms with Crippen LogP contribution in [0.5, 0.6) is 0 Å². The van der Waals surface area contributed by atoms with Crippen molar-refractivity contribution in [1.82, 2.24) is 4.90 Å². The maximum Gasteiger partial charge on any atom is 0.316 e. The molecule has 3 aliphatic rings. The lowest BCUT2D eigenvalue weighted by Crippen LogP contribution is -2.31. The van der Waals surface area contributed by atoms with Crippen molar-refractivity contribution >= 4 is 23.6 Å². The SMILES string of the molecule is CC(Sc1ccccc1C(=O)N1CC2C3CCC(O3)C2C1)C(=O)O. The van der Waals surface area contributed by atoms with Crippen molar-refractivity contribution in [3.05, 3.63) is 29.8 Å². The van der Waals surface area contributed by atoms with Gasteiger partial charge in [-0.05, 0) is 31.9 Å². The summed E-state index contributed by atoms with van der Waals surface area (Å²) in [4.78, 5) is 26.8. The number of hydrogen-bond donors (Lipinski definition) is 1. The van der Waals surface area contributed by atoms with Gasteiger partial charge in [0.25, 0.3) is 5.91 Å². The molecule has 3 fully saturated rings. The number of thioether (sulfide) groups is 1. The summed E-state index contributed by atoms with van der Waals surface area (Å²) in [5, 5.41) is 8.55. The van der Waals surface area contributed by atoms with Crippen molar-refractivity contribution in [2.45, 2.75) is 42.1 Å². The summed E-state index contributed by atoms with van der Waals surface area (Å²) in [5.74, 6) is 0.104. The maximum absolute atomic E-state index is 13.0. The molecule has 1 aromatic rings. The normalized spacial score (nSPS) is 32.0. The van der Waals surface area contributed by atoms with Crippen LogP contribution in [0.15, 0.2) is 29.2 Å². The van der Waals surface area contributed by atoms with Crippen LogP contribution in [0.3, 0.4) is 0 Å². The maximum atomic E-state index is 13.0. The lowest BCUT2D eigenvalue weighted by molar-refractivity contribution is -0.136. The van der Waals surface area contributed by atoms with Gasteiger partial charge in [-0.25, -0.2) is 0 Å². The zero-order chi connectivity index (χ0) is 16.8. The second-order valence-corrected chi connectivity index (χ2v) is 8.31. The van der Waals surface area contributed by atoms with Crippen molar-refractivity contribution < 1.29 is 19.4 Å². The summed E-state index contributed by atoms with van der Waals surface area (Å²) in [6.07, 6.45) is 2.90. The third-order valence-electron chi connectivity index (χ3n) is 5.51. The van der Waals surface area contributed by atoms with E-state index in [0.717, 1.165) is 30.8 Å². The molecule has 0 spiro atoms. The summed E-state index contributed by atoms with van der Waals surface area (Å²) < 4.78 is 5.97. The van der Waals surface area contributed by atoms with E-state index in [0.29, 0.717) is 29.6 Å². The van der Waals surface area contributed by atoms with Crippen molar-refractivity contribution in [2.24, 2.45) is 11.8 Å². The second kappa shape index (κ2) is 6.08. The highest BCUT2D eigenvalue weighted by Crippen LogP contribution is 2.47. The summed E-state index contributed by atoms with van der Waals surface area (Å²) in [6.45, 7) is 3.17. The highest BCUT2D eigenvalue weighted by atomic mass is 32.2. The molecule has 5 atom stereocenters. The molecule has 3 saturated heterocycles. The number of carboxylic acids is 1. The standard InChI is InChI=1S/C18H21NO4S/c1-10(18(21)22)24-16-5-3-2-4-11(16)17(20)19-8-12-13(9-19)15-7-6-14(12)23-15/h2-5,10,12-15H,6-9H2,1H3,(H,21,22). The van der Waals surface area contributed by atoms with Crippen LogP contribution < -0.4 is 0 Å². The molecule has 5 unspecified atom stereocenters. The summed E-state index contributed by atoms with van der Waals surface area (Å²) in [6, 6.07) is 7.33. The molecule has 3 heterocycles. The molecule has 3 aliphatic heterocycles. The van der Waals surface area contributed by atoms with E-state index in [9.17, 15) is 9.59 Å². The Bertz CT molecular complexity index is 661. The zero-order valence-corrected chi connectivity index (χ0v) is 14.4. The average molecular weight is 347 g/mol. The van der Waals surface area contributed by atoms with Crippen molar-refractivity contribution in [3.8, 4) is 0 Å². The van der Waals surface area contributed by atoms with Crippen molar-refractivity contribution in [2.75, 3.05) is 13.1 Å². The number of benzene rings is 1. The van der Waals surface area contributed by atoms with Gasteiger partial charge in [0.2, 0.25) is 0 Å². The van der Waals surface area contributed by atoms with E-state index in [1.807, 2.05) is 23.1 Å². The first-order valence-corrected chi connectivity index (χ1v) is 9.36. The molecule has 1 aromatic carbocycles. The number of carbonyl (C=O) groups excluding carboxylic acids is 1. The van der Waals surface area contributed by atoms with Crippen LogP contribution in [0.2, 0.25) is 0 Å². The van der Waals surface area contributed by atoms with Crippen LogP contribution in [-0.2, 0) is 9.53 Å². The molecule has 5 nitrogen and oxygen atoms in total. The fourth-order valence-corrected chi connectivity index (χ4v) is 5.20. The number of amides is 1. The van der Waals surface area contributed by atoms with Crippen LogP contribution in [0.4, 0.5) is 0 Å². The van der Waals surface area contributed by atoms with Crippen LogP contribution in [0.25, 0.3) is 0 Å². The summed E-state index contributed by atoms with van der Waals surface area (Å²) in [7, 11) is 0. The van der Waals surface area contributed by atoms with E-state index in [1.54, 1.807) is 13.0 Å². The number of carbonyl (C=O) groups is 2. The second-order valence-electron chi connectivity index (χ2n) is 6.92. The van der Waals surface area contributed by atoms with Crippen LogP contribution in [-0.4, -0.2) is 52.4 Å². The van der Waals surface area contributed by atoms with Gasteiger partial charge in [-0.3, -0.25) is 9.59 Å². The summed E-state index contributed by atoms with van der Waals surface area (Å²) >= 11 is 1.23. The molecule has 1 amide bonds. The number of fused-ring (bicyclic) bond motifs is 5. The number of carboxylic acid groups (broad SMARTS) is 1. The first-order valence-electron chi connectivity index (χ1n) is 8.48. The minimum Gasteiger partial charge on any atom is -0.480 e. The van der Waals surface area contributed by atoms with E-state index in [1.165, 1.54) is 11.8 Å². The van der Waals surface area contributed by atoms with E-state index in [-0.39, 0.29) is 5.91 Å². The van der Waals surface area contributed by atoms with Crippen LogP contribution >= 0.6 is 11.8 Å². The first-order chi connectivity index (χ1) is 11.5. The van der Waals surface area contributed by atoms with E-state index in [2.05, 4.69) is 0 Å². The Morgan fingerprint density at radius 1 is 1.21 bits per heavy atom. The minimum atomic E-state index is -0.869. The topological polar surface area (TPSA) is 66.8 Å². The van der Waals surface area contributed by atoms with Gasteiger partial charge in [0, 0.05) is 29.8 Å². The Morgan fingerprint density at radius 2 is 1.83 bits per heavy atom. The molecule has 1 N–H and O–H groups in total. The molecule has 0 aromatic heterocycles. The molecule has 0 saturated carbocycles. The molecule has 4 rings (SSSR count). The molecule has 0 radical (unpaired) electrons. The van der Waals surface area contributed by atoms with E-state index >= 15 is 0 Å². The quantitative estimate of drug-likeness (QED) is 0.848. The van der Waals surface area contributed by atoms with Crippen LogP contribution in [0, 0.1) is 11.8 Å². The molecule has 128 valence electrons. The van der Waals surface area contributed by atoms with E-state index in [4.69, 9.17) is 9.84 Å². The largest absolute Gasteiger partial charge is 0.480 e. The lowest BCUT2D eigenvalue weighted by Gasteiger charge is -2.20. The van der Waals surface area contributed by atoms with Gasteiger partial charge in [-0.2, -0.15) is 0 Å². The number of nitrogens with zero attached hydrogens (tertiary/aromatic N) is 1. The van der Waals surface area contributed by atoms with Gasteiger partial charge in [-0.1, -0.05) is 12.1 Å². The smallest absolute Gasteiger partial charge is 0.316 e. The Labute approximate surface area is 145 Å². The zero-order valence-electron chi connectivity index (χ0n) is 13.6. The highest BCUT2D eigenvalue weighted by molar-refractivity contribution is 8.00. The third-order valence-corrected chi connectivity index (χ3v) is 6.67.